The molecule has 0 radical (unpaired) electrons. The predicted octanol–water partition coefficient (Wildman–Crippen LogP) is 0.946. The number of hydrogen-bond donors (Lipinski definition) is 1. The Morgan fingerprint density at radius 2 is 1.91 bits per heavy atom. The number of H-pyrrole nitrogens is 1. The first-order chi connectivity index (χ1) is 16.6. The number of aromatic amines is 1. The number of benzene rings is 1. The fourth-order valence-electron chi connectivity index (χ4n) is 4.35. The molecule has 3 aromatic rings. The number of oxazole rings is 1. The second-order valence-electron chi connectivity index (χ2n) is 8.30. The van der Waals surface area contributed by atoms with Crippen LogP contribution in [0.1, 0.15) is 18.4 Å². The second-order valence-corrected chi connectivity index (χ2v) is 8.30. The van der Waals surface area contributed by atoms with Crippen LogP contribution >= 0.6 is 0 Å². The lowest BCUT2D eigenvalue weighted by Crippen LogP contribution is -2.49. The molecule has 0 aliphatic carbocycles. The van der Waals surface area contributed by atoms with Gasteiger partial charge < -0.3 is 23.9 Å². The van der Waals surface area contributed by atoms with Gasteiger partial charge in [0, 0.05) is 44.7 Å². The zero-order valence-corrected chi connectivity index (χ0v) is 18.7. The van der Waals surface area contributed by atoms with Crippen LogP contribution in [0.2, 0.25) is 0 Å². The second kappa shape index (κ2) is 9.64. The van der Waals surface area contributed by atoms with Gasteiger partial charge in [-0.3, -0.25) is 14.4 Å². The van der Waals surface area contributed by atoms with E-state index >= 15 is 0 Å². The quantitative estimate of drug-likeness (QED) is 0.510. The van der Waals surface area contributed by atoms with Crippen LogP contribution in [0.4, 0.5) is 11.7 Å². The first-order valence-corrected chi connectivity index (χ1v) is 11.4. The van der Waals surface area contributed by atoms with Crippen LogP contribution in [0.15, 0.2) is 39.7 Å². The maximum Gasteiger partial charge on any atom is 0.298 e. The Morgan fingerprint density at radius 1 is 1.09 bits per heavy atom. The van der Waals surface area contributed by atoms with Crippen LogP contribution in [0.25, 0.3) is 11.1 Å². The highest BCUT2D eigenvalue weighted by atomic mass is 16.5. The number of aromatic nitrogens is 3. The molecule has 11 heteroatoms. The van der Waals surface area contributed by atoms with E-state index in [9.17, 15) is 14.4 Å². The average Bonchev–Trinajstić information content (AvgIpc) is 3.29. The lowest BCUT2D eigenvalue weighted by atomic mass is 10.0. The van der Waals surface area contributed by atoms with Crippen molar-refractivity contribution in [3.8, 4) is 0 Å². The van der Waals surface area contributed by atoms with Gasteiger partial charge in [0.25, 0.3) is 11.6 Å². The lowest BCUT2D eigenvalue weighted by Gasteiger charge is -2.33. The van der Waals surface area contributed by atoms with E-state index in [2.05, 4.69) is 15.2 Å². The van der Waals surface area contributed by atoms with Gasteiger partial charge in [0.2, 0.25) is 11.8 Å². The van der Waals surface area contributed by atoms with Crippen molar-refractivity contribution < 1.29 is 18.7 Å². The number of hydrogen-bond acceptors (Lipinski definition) is 8. The van der Waals surface area contributed by atoms with Crippen molar-refractivity contribution in [3.05, 3.63) is 46.4 Å². The molecule has 4 heterocycles. The standard InChI is InChI=1S/C23H26N6O5/c30-20(27-8-10-28(11-9-27)23-25-17-3-1-2-4-19(17)34-23)7-13-33-14-12-29-18-15-24-26-22(32)16(18)5-6-21(29)31/h1-4,15H,5-14H2,(H,26,32). The minimum atomic E-state index is -0.266. The molecule has 1 fully saturated rings. The molecule has 11 nitrogen and oxygen atoms in total. The van der Waals surface area contributed by atoms with Crippen molar-refractivity contribution in [3.63, 3.8) is 0 Å². The van der Waals surface area contributed by atoms with Crippen LogP contribution < -0.4 is 15.4 Å². The fourth-order valence-corrected chi connectivity index (χ4v) is 4.35. The number of piperazine rings is 1. The third-order valence-electron chi connectivity index (χ3n) is 6.22. The highest BCUT2D eigenvalue weighted by molar-refractivity contribution is 5.96. The Hall–Kier alpha value is -3.73. The van der Waals surface area contributed by atoms with E-state index in [1.807, 2.05) is 34.1 Å². The predicted molar refractivity (Wildman–Crippen MR) is 124 cm³/mol. The van der Waals surface area contributed by atoms with Crippen molar-refractivity contribution >= 4 is 34.6 Å². The molecular weight excluding hydrogens is 440 g/mol. The summed E-state index contributed by atoms with van der Waals surface area (Å²) in [5, 5.41) is 6.21. The molecule has 5 rings (SSSR count). The molecule has 1 saturated heterocycles. The number of nitrogens with one attached hydrogen (secondary N) is 1. The largest absolute Gasteiger partial charge is 0.423 e. The summed E-state index contributed by atoms with van der Waals surface area (Å²) >= 11 is 0. The summed E-state index contributed by atoms with van der Waals surface area (Å²) in [4.78, 5) is 46.7. The average molecular weight is 466 g/mol. The number of carbonyl (C=O) groups is 2. The van der Waals surface area contributed by atoms with E-state index in [0.29, 0.717) is 56.4 Å². The van der Waals surface area contributed by atoms with Gasteiger partial charge in [0.1, 0.15) is 5.52 Å². The molecule has 1 aromatic carbocycles. The van der Waals surface area contributed by atoms with Crippen molar-refractivity contribution in [1.82, 2.24) is 20.1 Å². The molecule has 2 amide bonds. The summed E-state index contributed by atoms with van der Waals surface area (Å²) in [5.74, 6) is -0.0243. The number of ether oxygens (including phenoxy) is 1. The molecular formula is C23H26N6O5. The molecule has 0 bridgehead atoms. The zero-order chi connectivity index (χ0) is 23.5. The molecule has 0 unspecified atom stereocenters. The van der Waals surface area contributed by atoms with E-state index in [4.69, 9.17) is 9.15 Å². The Bertz CT molecular complexity index is 1210. The third-order valence-corrected chi connectivity index (χ3v) is 6.22. The number of anilines is 2. The van der Waals surface area contributed by atoms with E-state index in [1.165, 1.54) is 11.1 Å². The van der Waals surface area contributed by atoms with E-state index in [1.54, 1.807) is 0 Å². The minimum absolute atomic E-state index is 0.0346. The summed E-state index contributed by atoms with van der Waals surface area (Å²) in [6, 6.07) is 8.23. The summed E-state index contributed by atoms with van der Waals surface area (Å²) in [6.07, 6.45) is 2.47. The molecule has 1 N–H and O–H groups in total. The SMILES string of the molecule is O=C(CCOCCN1C(=O)CCc2c1cn[nH]c2=O)N1CCN(c2nc3ccccc3o2)CC1. The number of carbonyl (C=O) groups excluding carboxylic acids is 2. The summed E-state index contributed by atoms with van der Waals surface area (Å²) < 4.78 is 11.5. The van der Waals surface area contributed by atoms with E-state index in [0.717, 1.165) is 11.1 Å². The number of fused-ring (bicyclic) bond motifs is 2. The third kappa shape index (κ3) is 4.51. The molecule has 34 heavy (non-hydrogen) atoms. The maximum atomic E-state index is 12.6. The maximum absolute atomic E-state index is 12.6. The normalized spacial score (nSPS) is 16.2. The van der Waals surface area contributed by atoms with Gasteiger partial charge in [-0.25, -0.2) is 5.10 Å². The number of amides is 2. The van der Waals surface area contributed by atoms with Crippen LogP contribution in [0, 0.1) is 0 Å². The molecule has 2 aromatic heterocycles. The van der Waals surface area contributed by atoms with Crippen LogP contribution in [0.3, 0.4) is 0 Å². The smallest absolute Gasteiger partial charge is 0.298 e. The summed E-state index contributed by atoms with van der Waals surface area (Å²) in [5.41, 5.74) is 2.42. The van der Waals surface area contributed by atoms with Crippen LogP contribution in [-0.4, -0.2) is 77.8 Å². The van der Waals surface area contributed by atoms with Gasteiger partial charge >= 0.3 is 0 Å². The number of rotatable bonds is 7. The van der Waals surface area contributed by atoms with Gasteiger partial charge in [-0.2, -0.15) is 10.1 Å². The molecule has 2 aliphatic heterocycles. The van der Waals surface area contributed by atoms with Gasteiger partial charge in [-0.15, -0.1) is 0 Å². The topological polar surface area (TPSA) is 125 Å². The highest BCUT2D eigenvalue weighted by Crippen LogP contribution is 2.24. The van der Waals surface area contributed by atoms with Gasteiger partial charge in [-0.1, -0.05) is 12.1 Å². The Kier molecular flexibility index (Phi) is 6.26. The zero-order valence-electron chi connectivity index (χ0n) is 18.7. The molecule has 178 valence electrons. The first kappa shape index (κ1) is 22.1. The summed E-state index contributed by atoms with van der Waals surface area (Å²) in [7, 11) is 0. The monoisotopic (exact) mass is 466 g/mol. The van der Waals surface area contributed by atoms with E-state index < -0.39 is 0 Å². The Balaban J connectivity index is 1.05. The Morgan fingerprint density at radius 3 is 2.74 bits per heavy atom. The summed E-state index contributed by atoms with van der Waals surface area (Å²) in [6.45, 7) is 3.36. The molecule has 0 spiro atoms. The van der Waals surface area contributed by atoms with E-state index in [-0.39, 0.29) is 43.4 Å². The molecule has 0 saturated carbocycles. The lowest BCUT2D eigenvalue weighted by molar-refractivity contribution is -0.132. The minimum Gasteiger partial charge on any atom is -0.423 e. The fraction of sp³-hybridized carbons (Fsp3) is 0.435. The van der Waals surface area contributed by atoms with Crippen molar-refractivity contribution in [2.45, 2.75) is 19.3 Å². The number of para-hydroxylation sites is 2. The van der Waals surface area contributed by atoms with Gasteiger partial charge in [0.05, 0.1) is 31.5 Å². The van der Waals surface area contributed by atoms with Crippen molar-refractivity contribution in [1.29, 1.82) is 0 Å². The molecule has 2 aliphatic rings. The van der Waals surface area contributed by atoms with Crippen LogP contribution in [-0.2, 0) is 20.7 Å². The molecule has 0 atom stereocenters. The Labute approximate surface area is 195 Å². The van der Waals surface area contributed by atoms with Crippen molar-refractivity contribution in [2.75, 3.05) is 55.7 Å². The van der Waals surface area contributed by atoms with Gasteiger partial charge in [-0.05, 0) is 18.6 Å². The van der Waals surface area contributed by atoms with Crippen molar-refractivity contribution in [2.24, 2.45) is 0 Å². The number of nitrogens with zero attached hydrogens (tertiary/aromatic N) is 5. The van der Waals surface area contributed by atoms with Gasteiger partial charge in [0.15, 0.2) is 5.58 Å². The highest BCUT2D eigenvalue weighted by Gasteiger charge is 2.27. The first-order valence-electron chi connectivity index (χ1n) is 11.4. The van der Waals surface area contributed by atoms with Crippen LogP contribution in [0.5, 0.6) is 0 Å².